The molecule has 0 bridgehead atoms. The first-order valence-corrected chi connectivity index (χ1v) is 6.85. The van der Waals surface area contributed by atoms with Crippen LogP contribution in [0, 0.1) is 0 Å². The highest BCUT2D eigenvalue weighted by Crippen LogP contribution is 2.28. The maximum Gasteiger partial charge on any atom is 0.257 e. The van der Waals surface area contributed by atoms with Crippen LogP contribution in [0.2, 0.25) is 0 Å². The van der Waals surface area contributed by atoms with Crippen molar-refractivity contribution in [1.82, 2.24) is 4.90 Å². The molecule has 0 atom stereocenters. The van der Waals surface area contributed by atoms with Gasteiger partial charge in [-0.15, -0.1) is 0 Å². The van der Waals surface area contributed by atoms with E-state index in [1.807, 2.05) is 11.8 Å². The lowest BCUT2D eigenvalue weighted by atomic mass is 10.1. The number of hydrogen-bond donors (Lipinski definition) is 1. The highest BCUT2D eigenvalue weighted by molar-refractivity contribution is 5.97. The van der Waals surface area contributed by atoms with E-state index >= 15 is 0 Å². The van der Waals surface area contributed by atoms with Crippen LogP contribution in [0.25, 0.3) is 0 Å². The molecule has 1 amide bonds. The Morgan fingerprint density at radius 2 is 2.11 bits per heavy atom. The number of methoxy groups -OCH3 is 1. The third kappa shape index (κ3) is 2.83. The molecule has 1 aliphatic rings. The van der Waals surface area contributed by atoms with E-state index in [9.17, 15) is 9.90 Å². The number of hydrogen-bond acceptors (Lipinski definition) is 3. The monoisotopic (exact) mass is 263 g/mol. The summed E-state index contributed by atoms with van der Waals surface area (Å²) >= 11 is 0. The van der Waals surface area contributed by atoms with Gasteiger partial charge < -0.3 is 14.7 Å². The molecule has 0 saturated heterocycles. The maximum atomic E-state index is 12.6. The second kappa shape index (κ2) is 5.95. The van der Waals surface area contributed by atoms with Crippen molar-refractivity contribution in [2.75, 3.05) is 13.7 Å². The topological polar surface area (TPSA) is 49.8 Å². The van der Waals surface area contributed by atoms with Gasteiger partial charge in [-0.3, -0.25) is 4.79 Å². The van der Waals surface area contributed by atoms with Crippen molar-refractivity contribution in [3.05, 3.63) is 23.8 Å². The number of phenols is 1. The summed E-state index contributed by atoms with van der Waals surface area (Å²) in [4.78, 5) is 14.4. The van der Waals surface area contributed by atoms with Gasteiger partial charge in [-0.05, 0) is 38.0 Å². The molecule has 0 spiro atoms. The Labute approximate surface area is 114 Å². The Bertz CT molecular complexity index is 453. The maximum absolute atomic E-state index is 12.6. The minimum atomic E-state index is -0.106. The molecule has 2 rings (SSSR count). The predicted octanol–water partition coefficient (Wildman–Crippen LogP) is 2.81. The van der Waals surface area contributed by atoms with E-state index in [1.165, 1.54) is 18.9 Å². The van der Waals surface area contributed by atoms with Crippen molar-refractivity contribution in [3.8, 4) is 11.5 Å². The van der Waals surface area contributed by atoms with Gasteiger partial charge in [0.2, 0.25) is 0 Å². The minimum Gasteiger partial charge on any atom is -0.507 e. The van der Waals surface area contributed by atoms with Crippen LogP contribution in [-0.2, 0) is 0 Å². The largest absolute Gasteiger partial charge is 0.507 e. The van der Waals surface area contributed by atoms with Gasteiger partial charge in [-0.1, -0.05) is 12.8 Å². The molecule has 0 aromatic heterocycles. The summed E-state index contributed by atoms with van der Waals surface area (Å²) < 4.78 is 5.12. The van der Waals surface area contributed by atoms with Crippen LogP contribution in [0.15, 0.2) is 18.2 Å². The van der Waals surface area contributed by atoms with Gasteiger partial charge in [0.05, 0.1) is 12.7 Å². The number of rotatable bonds is 4. The van der Waals surface area contributed by atoms with Crippen molar-refractivity contribution < 1.29 is 14.6 Å². The first-order valence-electron chi connectivity index (χ1n) is 6.85. The predicted molar refractivity (Wildman–Crippen MR) is 73.6 cm³/mol. The summed E-state index contributed by atoms with van der Waals surface area (Å²) in [5, 5.41) is 9.89. The van der Waals surface area contributed by atoms with Crippen molar-refractivity contribution in [2.45, 2.75) is 38.6 Å². The standard InChI is InChI=1S/C15H21NO3/c1-3-16(11-6-4-5-7-11)15(18)13-10-12(19-2)8-9-14(13)17/h8-11,17H,3-7H2,1-2H3. The zero-order chi connectivity index (χ0) is 13.8. The van der Waals surface area contributed by atoms with Gasteiger partial charge in [0.15, 0.2) is 0 Å². The summed E-state index contributed by atoms with van der Waals surface area (Å²) in [5.41, 5.74) is 0.327. The number of aromatic hydroxyl groups is 1. The van der Waals surface area contributed by atoms with Crippen LogP contribution < -0.4 is 4.74 Å². The molecule has 1 aromatic carbocycles. The molecule has 4 nitrogen and oxygen atoms in total. The fraction of sp³-hybridized carbons (Fsp3) is 0.533. The van der Waals surface area contributed by atoms with Crippen LogP contribution in [0.5, 0.6) is 11.5 Å². The summed E-state index contributed by atoms with van der Waals surface area (Å²) in [7, 11) is 1.55. The fourth-order valence-corrected chi connectivity index (χ4v) is 2.75. The van der Waals surface area contributed by atoms with Gasteiger partial charge in [-0.25, -0.2) is 0 Å². The first kappa shape index (κ1) is 13.7. The number of phenolic OH excluding ortho intramolecular Hbond substituents is 1. The SMILES string of the molecule is CCN(C(=O)c1cc(OC)ccc1O)C1CCCC1. The molecule has 1 aromatic rings. The van der Waals surface area contributed by atoms with E-state index in [1.54, 1.807) is 19.2 Å². The molecule has 0 unspecified atom stereocenters. The smallest absolute Gasteiger partial charge is 0.257 e. The molecule has 4 heteroatoms. The van der Waals surface area contributed by atoms with Crippen LogP contribution >= 0.6 is 0 Å². The van der Waals surface area contributed by atoms with Crippen LogP contribution in [0.3, 0.4) is 0 Å². The highest BCUT2D eigenvalue weighted by atomic mass is 16.5. The van der Waals surface area contributed by atoms with Crippen molar-refractivity contribution in [2.24, 2.45) is 0 Å². The van der Waals surface area contributed by atoms with E-state index in [-0.39, 0.29) is 11.7 Å². The highest BCUT2D eigenvalue weighted by Gasteiger charge is 2.27. The van der Waals surface area contributed by atoms with Gasteiger partial charge in [-0.2, -0.15) is 0 Å². The number of ether oxygens (including phenoxy) is 1. The molecule has 0 radical (unpaired) electrons. The lowest BCUT2D eigenvalue weighted by Crippen LogP contribution is -2.38. The summed E-state index contributed by atoms with van der Waals surface area (Å²) in [5.74, 6) is 0.497. The Morgan fingerprint density at radius 3 is 2.68 bits per heavy atom. The lowest BCUT2D eigenvalue weighted by Gasteiger charge is -2.28. The third-order valence-corrected chi connectivity index (χ3v) is 3.80. The van der Waals surface area contributed by atoms with Crippen molar-refractivity contribution in [3.63, 3.8) is 0 Å². The van der Waals surface area contributed by atoms with E-state index in [0.717, 1.165) is 12.8 Å². The molecule has 0 aliphatic heterocycles. The normalized spacial score (nSPS) is 15.5. The van der Waals surface area contributed by atoms with Crippen LogP contribution in [0.1, 0.15) is 43.0 Å². The van der Waals surface area contributed by atoms with Crippen molar-refractivity contribution >= 4 is 5.91 Å². The molecule has 19 heavy (non-hydrogen) atoms. The molecule has 1 saturated carbocycles. The third-order valence-electron chi connectivity index (χ3n) is 3.80. The summed E-state index contributed by atoms with van der Waals surface area (Å²) in [6, 6.07) is 5.07. The molecule has 1 aliphatic carbocycles. The van der Waals surface area contributed by atoms with Gasteiger partial charge in [0.1, 0.15) is 11.5 Å². The molecule has 1 fully saturated rings. The van der Waals surface area contributed by atoms with Crippen LogP contribution in [0.4, 0.5) is 0 Å². The Kier molecular flexibility index (Phi) is 4.30. The van der Waals surface area contributed by atoms with E-state index in [0.29, 0.717) is 23.9 Å². The molecular formula is C15H21NO3. The summed E-state index contributed by atoms with van der Waals surface area (Å²) in [6.45, 7) is 2.65. The summed E-state index contributed by atoms with van der Waals surface area (Å²) in [6.07, 6.45) is 4.48. The number of carbonyl (C=O) groups is 1. The lowest BCUT2D eigenvalue weighted by molar-refractivity contribution is 0.0690. The first-order chi connectivity index (χ1) is 9.17. The molecule has 1 N–H and O–H groups in total. The van der Waals surface area contributed by atoms with Gasteiger partial charge in [0, 0.05) is 12.6 Å². The molecular weight excluding hydrogens is 242 g/mol. The zero-order valence-corrected chi connectivity index (χ0v) is 11.6. The van der Waals surface area contributed by atoms with Crippen molar-refractivity contribution in [1.29, 1.82) is 0 Å². The Morgan fingerprint density at radius 1 is 1.42 bits per heavy atom. The van der Waals surface area contributed by atoms with Gasteiger partial charge >= 0.3 is 0 Å². The number of benzene rings is 1. The second-order valence-corrected chi connectivity index (χ2v) is 4.91. The van der Waals surface area contributed by atoms with E-state index in [2.05, 4.69) is 0 Å². The molecule has 104 valence electrons. The van der Waals surface area contributed by atoms with E-state index in [4.69, 9.17) is 4.74 Å². The average molecular weight is 263 g/mol. The zero-order valence-electron chi connectivity index (χ0n) is 11.6. The fourth-order valence-electron chi connectivity index (χ4n) is 2.75. The Hall–Kier alpha value is -1.71. The average Bonchev–Trinajstić information content (AvgIpc) is 2.94. The Balaban J connectivity index is 2.25. The minimum absolute atomic E-state index is 0.0160. The number of amides is 1. The quantitative estimate of drug-likeness (QED) is 0.908. The van der Waals surface area contributed by atoms with Crippen LogP contribution in [-0.4, -0.2) is 35.6 Å². The second-order valence-electron chi connectivity index (χ2n) is 4.91. The molecule has 0 heterocycles. The van der Waals surface area contributed by atoms with E-state index < -0.39 is 0 Å². The number of carbonyl (C=O) groups excluding carboxylic acids is 1. The van der Waals surface area contributed by atoms with Gasteiger partial charge in [0.25, 0.3) is 5.91 Å². The number of nitrogens with zero attached hydrogens (tertiary/aromatic N) is 1.